The highest BCUT2D eigenvalue weighted by Crippen LogP contribution is 2.12. The fourth-order valence-electron chi connectivity index (χ4n) is 2.65. The molecule has 0 spiro atoms. The quantitative estimate of drug-likeness (QED) is 0.497. The maximum Gasteiger partial charge on any atom is 0.271 e. The van der Waals surface area contributed by atoms with E-state index in [2.05, 4.69) is 15.8 Å². The normalized spacial score (nSPS) is 11.1. The molecule has 5 nitrogen and oxygen atoms in total. The summed E-state index contributed by atoms with van der Waals surface area (Å²) < 4.78 is 13.0. The van der Waals surface area contributed by atoms with Crippen LogP contribution in [0, 0.1) is 12.7 Å². The third-order valence-electron chi connectivity index (χ3n) is 4.27. The summed E-state index contributed by atoms with van der Waals surface area (Å²) in [7, 11) is 0. The molecule has 0 aliphatic rings. The topological polar surface area (TPSA) is 70.6 Å². The van der Waals surface area contributed by atoms with Crippen LogP contribution in [0.25, 0.3) is 0 Å². The standard InChI is InChI=1S/C23H20FN3O2/c1-15-4-3-5-19(14-15)22(28)25-21-12-8-18(9-13-21)23(29)27-26-16(2)17-6-10-20(24)11-7-17/h3-14H,1-2H3,(H,25,28)(H,27,29). The Morgan fingerprint density at radius 3 is 2.14 bits per heavy atom. The average molecular weight is 389 g/mol. The van der Waals surface area contributed by atoms with Crippen LogP contribution in [-0.4, -0.2) is 17.5 Å². The van der Waals surface area contributed by atoms with Crippen LogP contribution in [0.2, 0.25) is 0 Å². The smallest absolute Gasteiger partial charge is 0.271 e. The number of benzene rings is 3. The van der Waals surface area contributed by atoms with Gasteiger partial charge in [0.1, 0.15) is 5.82 Å². The molecule has 2 N–H and O–H groups in total. The van der Waals surface area contributed by atoms with Gasteiger partial charge < -0.3 is 5.32 Å². The molecule has 3 rings (SSSR count). The van der Waals surface area contributed by atoms with Gasteiger partial charge in [0.05, 0.1) is 5.71 Å². The predicted molar refractivity (Wildman–Crippen MR) is 112 cm³/mol. The molecular formula is C23H20FN3O2. The molecule has 0 radical (unpaired) electrons. The molecule has 6 heteroatoms. The summed E-state index contributed by atoms with van der Waals surface area (Å²) >= 11 is 0. The lowest BCUT2D eigenvalue weighted by Gasteiger charge is -2.07. The highest BCUT2D eigenvalue weighted by Gasteiger charge is 2.08. The fraction of sp³-hybridized carbons (Fsp3) is 0.0870. The minimum Gasteiger partial charge on any atom is -0.322 e. The molecule has 3 aromatic carbocycles. The molecule has 0 saturated heterocycles. The van der Waals surface area contributed by atoms with Crippen molar-refractivity contribution in [1.29, 1.82) is 0 Å². The predicted octanol–water partition coefficient (Wildman–Crippen LogP) is 4.54. The van der Waals surface area contributed by atoms with Gasteiger partial charge in [-0.15, -0.1) is 0 Å². The Morgan fingerprint density at radius 2 is 1.48 bits per heavy atom. The summed E-state index contributed by atoms with van der Waals surface area (Å²) in [5, 5.41) is 6.84. The van der Waals surface area contributed by atoms with Gasteiger partial charge in [-0.25, -0.2) is 9.82 Å². The zero-order valence-electron chi connectivity index (χ0n) is 16.1. The van der Waals surface area contributed by atoms with Gasteiger partial charge in [0.25, 0.3) is 11.8 Å². The average Bonchev–Trinajstić information content (AvgIpc) is 2.73. The molecule has 146 valence electrons. The van der Waals surface area contributed by atoms with Crippen molar-refractivity contribution in [2.45, 2.75) is 13.8 Å². The van der Waals surface area contributed by atoms with Crippen molar-refractivity contribution in [3.63, 3.8) is 0 Å². The number of hydrazone groups is 1. The van der Waals surface area contributed by atoms with Crippen LogP contribution in [0.15, 0.2) is 77.9 Å². The Labute approximate surface area is 168 Å². The maximum atomic E-state index is 13.0. The Bertz CT molecular complexity index is 1060. The maximum absolute atomic E-state index is 13.0. The van der Waals surface area contributed by atoms with Crippen molar-refractivity contribution in [3.05, 3.63) is 101 Å². The first kappa shape index (κ1) is 19.9. The van der Waals surface area contributed by atoms with E-state index in [4.69, 9.17) is 0 Å². The zero-order chi connectivity index (χ0) is 20.8. The SMILES string of the molecule is CC(=NNC(=O)c1ccc(NC(=O)c2cccc(C)c2)cc1)c1ccc(F)cc1. The number of aryl methyl sites for hydroxylation is 1. The van der Waals surface area contributed by atoms with Crippen LogP contribution in [0.5, 0.6) is 0 Å². The molecule has 0 aliphatic carbocycles. The summed E-state index contributed by atoms with van der Waals surface area (Å²) in [6.07, 6.45) is 0. The van der Waals surface area contributed by atoms with E-state index >= 15 is 0 Å². The molecule has 0 unspecified atom stereocenters. The lowest BCUT2D eigenvalue weighted by Crippen LogP contribution is -2.19. The number of halogens is 1. The van der Waals surface area contributed by atoms with Crippen molar-refractivity contribution < 1.29 is 14.0 Å². The second kappa shape index (κ2) is 8.93. The molecule has 3 aromatic rings. The van der Waals surface area contributed by atoms with Gasteiger partial charge in [-0.05, 0) is 67.9 Å². The van der Waals surface area contributed by atoms with E-state index in [9.17, 15) is 14.0 Å². The van der Waals surface area contributed by atoms with Crippen molar-refractivity contribution in [2.24, 2.45) is 5.10 Å². The van der Waals surface area contributed by atoms with Gasteiger partial charge in [-0.3, -0.25) is 9.59 Å². The molecule has 0 aliphatic heterocycles. The van der Waals surface area contributed by atoms with Gasteiger partial charge in [-0.2, -0.15) is 5.10 Å². The van der Waals surface area contributed by atoms with Crippen LogP contribution in [0.3, 0.4) is 0 Å². The van der Waals surface area contributed by atoms with Gasteiger partial charge in [0, 0.05) is 16.8 Å². The number of carbonyl (C=O) groups is 2. The van der Waals surface area contributed by atoms with Gasteiger partial charge in [0.2, 0.25) is 0 Å². The number of rotatable bonds is 5. The van der Waals surface area contributed by atoms with Crippen LogP contribution < -0.4 is 10.7 Å². The monoisotopic (exact) mass is 389 g/mol. The molecule has 2 amide bonds. The first-order chi connectivity index (χ1) is 13.9. The number of hydrogen-bond donors (Lipinski definition) is 2. The van der Waals surface area contributed by atoms with Crippen molar-refractivity contribution in [1.82, 2.24) is 5.43 Å². The van der Waals surface area contributed by atoms with E-state index in [1.807, 2.05) is 19.1 Å². The first-order valence-electron chi connectivity index (χ1n) is 9.01. The van der Waals surface area contributed by atoms with Gasteiger partial charge in [0.15, 0.2) is 0 Å². The Balaban J connectivity index is 1.62. The van der Waals surface area contributed by atoms with Crippen LogP contribution in [0.1, 0.15) is 38.8 Å². The number of nitrogens with one attached hydrogen (secondary N) is 2. The van der Waals surface area contributed by atoms with E-state index in [0.717, 1.165) is 5.56 Å². The van der Waals surface area contributed by atoms with Crippen LogP contribution in [-0.2, 0) is 0 Å². The third kappa shape index (κ3) is 5.35. The van der Waals surface area contributed by atoms with E-state index in [-0.39, 0.29) is 17.6 Å². The largest absolute Gasteiger partial charge is 0.322 e. The number of anilines is 1. The Morgan fingerprint density at radius 1 is 0.828 bits per heavy atom. The molecule has 0 atom stereocenters. The van der Waals surface area contributed by atoms with E-state index < -0.39 is 0 Å². The summed E-state index contributed by atoms with van der Waals surface area (Å²) in [6, 6.07) is 19.6. The van der Waals surface area contributed by atoms with Crippen molar-refractivity contribution >= 4 is 23.2 Å². The summed E-state index contributed by atoms with van der Waals surface area (Å²) in [5.74, 6) is -0.936. The highest BCUT2D eigenvalue weighted by atomic mass is 19.1. The second-order valence-corrected chi connectivity index (χ2v) is 6.55. The molecule has 0 saturated carbocycles. The Hall–Kier alpha value is -3.80. The van der Waals surface area contributed by atoms with Crippen molar-refractivity contribution in [3.8, 4) is 0 Å². The molecule has 0 heterocycles. The molecule has 0 aromatic heterocycles. The molecule has 0 bridgehead atoms. The van der Waals surface area contributed by atoms with E-state index in [1.54, 1.807) is 55.5 Å². The van der Waals surface area contributed by atoms with Gasteiger partial charge in [-0.1, -0.05) is 29.8 Å². The number of nitrogens with zero attached hydrogens (tertiary/aromatic N) is 1. The zero-order valence-corrected chi connectivity index (χ0v) is 16.1. The second-order valence-electron chi connectivity index (χ2n) is 6.55. The van der Waals surface area contributed by atoms with Gasteiger partial charge >= 0.3 is 0 Å². The fourth-order valence-corrected chi connectivity index (χ4v) is 2.65. The van der Waals surface area contributed by atoms with E-state index in [1.165, 1.54) is 12.1 Å². The van der Waals surface area contributed by atoms with Crippen LogP contribution >= 0.6 is 0 Å². The summed E-state index contributed by atoms with van der Waals surface area (Å²) in [6.45, 7) is 3.64. The minimum atomic E-state index is -0.386. The lowest BCUT2D eigenvalue weighted by atomic mass is 10.1. The van der Waals surface area contributed by atoms with Crippen LogP contribution in [0.4, 0.5) is 10.1 Å². The number of carbonyl (C=O) groups excluding carboxylic acids is 2. The number of amides is 2. The molecule has 29 heavy (non-hydrogen) atoms. The first-order valence-corrected chi connectivity index (χ1v) is 9.01. The highest BCUT2D eigenvalue weighted by molar-refractivity contribution is 6.05. The minimum absolute atomic E-state index is 0.217. The summed E-state index contributed by atoms with van der Waals surface area (Å²) in [4.78, 5) is 24.5. The third-order valence-corrected chi connectivity index (χ3v) is 4.27. The number of hydrogen-bond acceptors (Lipinski definition) is 3. The molecule has 0 fully saturated rings. The Kier molecular flexibility index (Phi) is 6.14. The lowest BCUT2D eigenvalue weighted by molar-refractivity contribution is 0.0954. The van der Waals surface area contributed by atoms with Crippen molar-refractivity contribution in [2.75, 3.05) is 5.32 Å². The molecular weight excluding hydrogens is 369 g/mol. The summed E-state index contributed by atoms with van der Waals surface area (Å²) in [5.41, 5.74) is 6.29. The van der Waals surface area contributed by atoms with E-state index in [0.29, 0.717) is 28.1 Å².